The summed E-state index contributed by atoms with van der Waals surface area (Å²) in [4.78, 5) is 28.4. The van der Waals surface area contributed by atoms with Crippen molar-refractivity contribution in [3.63, 3.8) is 0 Å². The highest BCUT2D eigenvalue weighted by Crippen LogP contribution is 2.28. The number of rotatable bonds is 4. The average Bonchev–Trinajstić information content (AvgIpc) is 2.59. The molecule has 3 rings (SSSR count). The zero-order valence-electron chi connectivity index (χ0n) is 14.0. The van der Waals surface area contributed by atoms with Gasteiger partial charge in [-0.25, -0.2) is 9.78 Å². The lowest BCUT2D eigenvalue weighted by atomic mass is 10.0. The topological polar surface area (TPSA) is 92.4 Å². The number of amides is 1. The Morgan fingerprint density at radius 1 is 1.20 bits per heavy atom. The van der Waals surface area contributed by atoms with Crippen LogP contribution in [0, 0.1) is 13.8 Å². The first-order valence-corrected chi connectivity index (χ1v) is 7.93. The minimum absolute atomic E-state index is 0.0811. The van der Waals surface area contributed by atoms with Crippen LogP contribution in [-0.2, 0) is 11.2 Å². The molecule has 6 heteroatoms. The number of hydrogen-bond acceptors (Lipinski definition) is 5. The number of aromatic nitrogens is 1. The largest absolute Gasteiger partial charge is 0.508 e. The Bertz CT molecular complexity index is 994. The molecule has 0 atom stereocenters. The number of fused-ring (bicyclic) bond motifs is 1. The molecule has 0 radical (unpaired) electrons. The molecule has 0 unspecified atom stereocenters. The summed E-state index contributed by atoms with van der Waals surface area (Å²) in [7, 11) is 0. The second kappa shape index (κ2) is 6.76. The molecule has 0 fully saturated rings. The quantitative estimate of drug-likeness (QED) is 0.713. The first-order chi connectivity index (χ1) is 12.0. The van der Waals surface area contributed by atoms with Crippen LogP contribution in [0.3, 0.4) is 0 Å². The first kappa shape index (κ1) is 16.7. The number of aromatic hydroxyl groups is 1. The molecule has 0 saturated carbocycles. The Labute approximate surface area is 144 Å². The number of phenolic OH excluding ortho intramolecular Hbond substituents is 1. The highest BCUT2D eigenvalue weighted by molar-refractivity contribution is 5.90. The van der Waals surface area contributed by atoms with Crippen LogP contribution in [-0.4, -0.2) is 16.0 Å². The lowest BCUT2D eigenvalue weighted by Gasteiger charge is -2.10. The van der Waals surface area contributed by atoms with Crippen LogP contribution in [0.2, 0.25) is 0 Å². The molecular formula is C19H18N2O4. The SMILES string of the molecule is Cc1c(CCC(=O)Nc2ccccn2)c(=O)oc2c(C)c(O)ccc12. The fourth-order valence-electron chi connectivity index (χ4n) is 2.75. The van der Waals surface area contributed by atoms with Gasteiger partial charge in [0.1, 0.15) is 17.2 Å². The van der Waals surface area contributed by atoms with E-state index in [9.17, 15) is 14.7 Å². The number of nitrogens with zero attached hydrogens (tertiary/aromatic N) is 1. The summed E-state index contributed by atoms with van der Waals surface area (Å²) < 4.78 is 5.38. The van der Waals surface area contributed by atoms with Crippen LogP contribution >= 0.6 is 0 Å². The zero-order chi connectivity index (χ0) is 18.0. The summed E-state index contributed by atoms with van der Waals surface area (Å²) in [6, 6.07) is 8.53. The lowest BCUT2D eigenvalue weighted by Crippen LogP contribution is -2.17. The van der Waals surface area contributed by atoms with Gasteiger partial charge >= 0.3 is 5.63 Å². The Hall–Kier alpha value is -3.15. The van der Waals surface area contributed by atoms with Crippen LogP contribution in [0.1, 0.15) is 23.1 Å². The number of pyridine rings is 1. The minimum atomic E-state index is -0.482. The maximum atomic E-state index is 12.3. The number of phenols is 1. The Morgan fingerprint density at radius 3 is 2.72 bits per heavy atom. The van der Waals surface area contributed by atoms with E-state index in [0.29, 0.717) is 22.5 Å². The average molecular weight is 338 g/mol. The summed E-state index contributed by atoms with van der Waals surface area (Å²) in [5, 5.41) is 13.2. The van der Waals surface area contributed by atoms with Gasteiger partial charge in [0, 0.05) is 29.1 Å². The van der Waals surface area contributed by atoms with Gasteiger partial charge in [-0.15, -0.1) is 0 Å². The molecule has 25 heavy (non-hydrogen) atoms. The molecule has 0 saturated heterocycles. The summed E-state index contributed by atoms with van der Waals surface area (Å²) in [5.74, 6) is 0.331. The molecule has 0 aliphatic carbocycles. The third kappa shape index (κ3) is 3.38. The molecule has 0 bridgehead atoms. The molecule has 0 spiro atoms. The van der Waals surface area contributed by atoms with Crippen molar-refractivity contribution >= 4 is 22.7 Å². The molecule has 1 amide bonds. The van der Waals surface area contributed by atoms with Gasteiger partial charge in [-0.3, -0.25) is 4.79 Å². The third-order valence-electron chi connectivity index (χ3n) is 4.21. The van der Waals surface area contributed by atoms with Crippen molar-refractivity contribution in [2.45, 2.75) is 26.7 Å². The van der Waals surface area contributed by atoms with Gasteiger partial charge in [-0.05, 0) is 50.1 Å². The van der Waals surface area contributed by atoms with Crippen molar-refractivity contribution in [2.24, 2.45) is 0 Å². The van der Waals surface area contributed by atoms with Crippen molar-refractivity contribution in [2.75, 3.05) is 5.32 Å². The monoisotopic (exact) mass is 338 g/mol. The van der Waals surface area contributed by atoms with E-state index in [-0.39, 0.29) is 24.5 Å². The van der Waals surface area contributed by atoms with Gasteiger partial charge in [0.2, 0.25) is 5.91 Å². The van der Waals surface area contributed by atoms with Crippen molar-refractivity contribution in [1.82, 2.24) is 4.98 Å². The van der Waals surface area contributed by atoms with Crippen molar-refractivity contribution < 1.29 is 14.3 Å². The van der Waals surface area contributed by atoms with Gasteiger partial charge < -0.3 is 14.8 Å². The number of anilines is 1. The third-order valence-corrected chi connectivity index (χ3v) is 4.21. The van der Waals surface area contributed by atoms with Crippen LogP contribution in [0.25, 0.3) is 11.0 Å². The molecule has 0 aliphatic rings. The molecule has 2 N–H and O–H groups in total. The predicted octanol–water partition coefficient (Wildman–Crippen LogP) is 3.08. The number of hydrogen-bond donors (Lipinski definition) is 2. The Balaban J connectivity index is 1.83. The standard InChI is InChI=1S/C19H18N2O4/c1-11-13-6-8-15(22)12(2)18(13)25-19(24)14(11)7-9-17(23)21-16-5-3-4-10-20-16/h3-6,8,10,22H,7,9H2,1-2H3,(H,20,21,23). The zero-order valence-corrected chi connectivity index (χ0v) is 14.0. The smallest absolute Gasteiger partial charge is 0.339 e. The van der Waals surface area contributed by atoms with E-state index < -0.39 is 5.63 Å². The van der Waals surface area contributed by atoms with E-state index in [1.807, 2.05) is 6.92 Å². The lowest BCUT2D eigenvalue weighted by molar-refractivity contribution is -0.116. The highest BCUT2D eigenvalue weighted by atomic mass is 16.4. The predicted molar refractivity (Wildman–Crippen MR) is 94.8 cm³/mol. The summed E-state index contributed by atoms with van der Waals surface area (Å²) >= 11 is 0. The molecule has 2 heterocycles. The Morgan fingerprint density at radius 2 is 2.00 bits per heavy atom. The fourth-order valence-corrected chi connectivity index (χ4v) is 2.75. The molecule has 0 aliphatic heterocycles. The number of nitrogens with one attached hydrogen (secondary N) is 1. The van der Waals surface area contributed by atoms with Crippen molar-refractivity contribution in [3.8, 4) is 5.75 Å². The van der Waals surface area contributed by atoms with Crippen LogP contribution < -0.4 is 10.9 Å². The van der Waals surface area contributed by atoms with Crippen molar-refractivity contribution in [1.29, 1.82) is 0 Å². The summed E-state index contributed by atoms with van der Waals surface area (Å²) in [6.07, 6.45) is 2.00. The van der Waals surface area contributed by atoms with E-state index in [2.05, 4.69) is 10.3 Å². The van der Waals surface area contributed by atoms with Gasteiger partial charge in [0.05, 0.1) is 0 Å². The van der Waals surface area contributed by atoms with Crippen LogP contribution in [0.5, 0.6) is 5.75 Å². The molecule has 6 nitrogen and oxygen atoms in total. The van der Waals surface area contributed by atoms with E-state index in [1.54, 1.807) is 43.5 Å². The second-order valence-corrected chi connectivity index (χ2v) is 5.84. The number of carbonyl (C=O) groups is 1. The van der Waals surface area contributed by atoms with E-state index in [1.165, 1.54) is 0 Å². The Kier molecular flexibility index (Phi) is 4.52. The number of benzene rings is 1. The maximum Gasteiger partial charge on any atom is 0.339 e. The highest BCUT2D eigenvalue weighted by Gasteiger charge is 2.15. The number of aryl methyl sites for hydroxylation is 2. The van der Waals surface area contributed by atoms with Crippen molar-refractivity contribution in [3.05, 3.63) is 63.6 Å². The second-order valence-electron chi connectivity index (χ2n) is 5.84. The molecule has 1 aromatic carbocycles. The van der Waals surface area contributed by atoms with Gasteiger partial charge in [0.25, 0.3) is 0 Å². The fraction of sp³-hybridized carbons (Fsp3) is 0.211. The van der Waals surface area contributed by atoms with E-state index in [4.69, 9.17) is 4.42 Å². The van der Waals surface area contributed by atoms with E-state index in [0.717, 1.165) is 10.9 Å². The van der Waals surface area contributed by atoms with Gasteiger partial charge in [-0.2, -0.15) is 0 Å². The molecule has 3 aromatic rings. The van der Waals surface area contributed by atoms with Crippen LogP contribution in [0.15, 0.2) is 45.7 Å². The summed E-state index contributed by atoms with van der Waals surface area (Å²) in [6.45, 7) is 3.52. The minimum Gasteiger partial charge on any atom is -0.508 e. The van der Waals surface area contributed by atoms with Gasteiger partial charge in [-0.1, -0.05) is 6.07 Å². The first-order valence-electron chi connectivity index (χ1n) is 7.93. The van der Waals surface area contributed by atoms with Gasteiger partial charge in [0.15, 0.2) is 0 Å². The normalized spacial score (nSPS) is 10.8. The molecule has 128 valence electrons. The maximum absolute atomic E-state index is 12.3. The summed E-state index contributed by atoms with van der Waals surface area (Å²) in [5.41, 5.74) is 1.65. The van der Waals surface area contributed by atoms with E-state index >= 15 is 0 Å². The number of carbonyl (C=O) groups excluding carboxylic acids is 1. The molecular weight excluding hydrogens is 320 g/mol. The molecule has 2 aromatic heterocycles. The van der Waals surface area contributed by atoms with Crippen LogP contribution in [0.4, 0.5) is 5.82 Å².